The van der Waals surface area contributed by atoms with E-state index in [9.17, 15) is 8.42 Å². The lowest BCUT2D eigenvalue weighted by atomic mass is 10.4. The Morgan fingerprint density at radius 1 is 1.30 bits per heavy atom. The lowest BCUT2D eigenvalue weighted by Crippen LogP contribution is -2.11. The van der Waals surface area contributed by atoms with Crippen LogP contribution in [0.1, 0.15) is 29.5 Å². The topological polar surface area (TPSA) is 85.1 Å². The third-order valence-electron chi connectivity index (χ3n) is 3.47. The summed E-state index contributed by atoms with van der Waals surface area (Å²) in [6, 6.07) is 5.10. The molecule has 1 saturated carbocycles. The van der Waals surface area contributed by atoms with Crippen LogP contribution in [0.25, 0.3) is 10.8 Å². The highest BCUT2D eigenvalue weighted by molar-refractivity contribution is 7.94. The van der Waals surface area contributed by atoms with Crippen molar-refractivity contribution in [2.45, 2.75) is 29.9 Å². The minimum atomic E-state index is -3.60. The summed E-state index contributed by atoms with van der Waals surface area (Å²) in [6.07, 6.45) is 2.17. The van der Waals surface area contributed by atoms with Crippen LogP contribution in [0, 0.1) is 6.92 Å². The van der Waals surface area contributed by atoms with Gasteiger partial charge in [-0.25, -0.2) is 8.42 Å². The first-order chi connectivity index (χ1) is 11.0. The molecule has 0 amide bonds. The van der Waals surface area contributed by atoms with Gasteiger partial charge >= 0.3 is 0 Å². The molecule has 0 spiro atoms. The van der Waals surface area contributed by atoms with Crippen LogP contribution in [0.5, 0.6) is 0 Å². The average Bonchev–Trinajstić information content (AvgIpc) is 2.91. The van der Waals surface area contributed by atoms with Crippen molar-refractivity contribution in [2.75, 3.05) is 4.72 Å². The third-order valence-corrected chi connectivity index (χ3v) is 7.23. The van der Waals surface area contributed by atoms with Crippen molar-refractivity contribution in [3.63, 3.8) is 0 Å². The maximum atomic E-state index is 12.5. The Labute approximate surface area is 141 Å². The van der Waals surface area contributed by atoms with Gasteiger partial charge in [-0.1, -0.05) is 5.16 Å². The zero-order valence-electron chi connectivity index (χ0n) is 12.1. The Morgan fingerprint density at radius 2 is 2.13 bits per heavy atom. The summed E-state index contributed by atoms with van der Waals surface area (Å²) in [4.78, 5) is 5.97. The van der Waals surface area contributed by atoms with Crippen molar-refractivity contribution < 1.29 is 12.9 Å². The fraction of sp³-hybridized carbons (Fsp3) is 0.286. The van der Waals surface area contributed by atoms with Crippen molar-refractivity contribution in [1.29, 1.82) is 0 Å². The van der Waals surface area contributed by atoms with Crippen molar-refractivity contribution >= 4 is 38.4 Å². The number of hydrogen-bond donors (Lipinski definition) is 1. The van der Waals surface area contributed by atoms with E-state index in [1.54, 1.807) is 23.6 Å². The quantitative estimate of drug-likeness (QED) is 0.740. The average molecular weight is 367 g/mol. The third kappa shape index (κ3) is 2.91. The van der Waals surface area contributed by atoms with E-state index in [1.165, 1.54) is 22.7 Å². The molecule has 0 bridgehead atoms. The molecule has 0 aromatic carbocycles. The van der Waals surface area contributed by atoms with Crippen molar-refractivity contribution in [2.24, 2.45) is 0 Å². The lowest BCUT2D eigenvalue weighted by molar-refractivity contribution is 0.423. The monoisotopic (exact) mass is 367 g/mol. The zero-order chi connectivity index (χ0) is 16.0. The summed E-state index contributed by atoms with van der Waals surface area (Å²) in [7, 11) is -3.60. The van der Waals surface area contributed by atoms with Crippen molar-refractivity contribution in [3.8, 4) is 10.8 Å². The highest BCUT2D eigenvalue weighted by Gasteiger charge is 2.30. The predicted molar refractivity (Wildman–Crippen MR) is 89.5 cm³/mol. The van der Waals surface area contributed by atoms with E-state index in [1.807, 2.05) is 6.92 Å². The molecule has 1 aliphatic rings. The summed E-state index contributed by atoms with van der Waals surface area (Å²) < 4.78 is 33.1. The van der Waals surface area contributed by atoms with Crippen LogP contribution in [-0.2, 0) is 10.0 Å². The van der Waals surface area contributed by atoms with Crippen molar-refractivity contribution in [1.82, 2.24) is 10.1 Å². The van der Waals surface area contributed by atoms with E-state index in [2.05, 4.69) is 14.9 Å². The Bertz CT molecular complexity index is 951. The molecule has 3 aromatic rings. The highest BCUT2D eigenvalue weighted by Crippen LogP contribution is 2.40. The number of sulfonamides is 1. The molecule has 0 atom stereocenters. The molecule has 1 fully saturated rings. The molecule has 9 heteroatoms. The van der Waals surface area contributed by atoms with Gasteiger partial charge in [0.05, 0.1) is 5.69 Å². The number of thiophene rings is 2. The predicted octanol–water partition coefficient (Wildman–Crippen LogP) is 3.85. The Balaban J connectivity index is 1.64. The number of aryl methyl sites for hydroxylation is 1. The highest BCUT2D eigenvalue weighted by atomic mass is 32.2. The first-order valence-corrected chi connectivity index (χ1v) is 10.2. The van der Waals surface area contributed by atoms with E-state index < -0.39 is 10.0 Å². The second kappa shape index (κ2) is 5.43. The van der Waals surface area contributed by atoms with Gasteiger partial charge in [0.2, 0.25) is 0 Å². The van der Waals surface area contributed by atoms with Gasteiger partial charge in [0.1, 0.15) is 9.09 Å². The second-order valence-corrected chi connectivity index (χ2v) is 9.48. The zero-order valence-corrected chi connectivity index (χ0v) is 14.6. The summed E-state index contributed by atoms with van der Waals surface area (Å²) >= 11 is 2.61. The van der Waals surface area contributed by atoms with Gasteiger partial charge in [-0.15, -0.1) is 22.7 Å². The van der Waals surface area contributed by atoms with Crippen LogP contribution < -0.4 is 4.72 Å². The number of nitrogens with zero attached hydrogens (tertiary/aromatic N) is 2. The van der Waals surface area contributed by atoms with Gasteiger partial charge in [-0.3, -0.25) is 4.72 Å². The fourth-order valence-electron chi connectivity index (χ4n) is 2.14. The number of hydrogen-bond acceptors (Lipinski definition) is 7. The minimum absolute atomic E-state index is 0.288. The molecule has 0 aliphatic heterocycles. The molecule has 0 saturated heterocycles. The van der Waals surface area contributed by atoms with Crippen LogP contribution in [0.3, 0.4) is 0 Å². The fourth-order valence-corrected chi connectivity index (χ4v) is 5.33. The molecular weight excluding hydrogens is 354 g/mol. The first-order valence-electron chi connectivity index (χ1n) is 7.04. The molecule has 120 valence electrons. The number of nitrogens with one attached hydrogen (secondary N) is 1. The van der Waals surface area contributed by atoms with E-state index in [0.717, 1.165) is 17.7 Å². The van der Waals surface area contributed by atoms with Crippen LogP contribution in [-0.4, -0.2) is 18.6 Å². The van der Waals surface area contributed by atoms with Gasteiger partial charge in [0, 0.05) is 10.8 Å². The molecular formula is C14H13N3O3S3. The minimum Gasteiger partial charge on any atom is -0.333 e. The molecule has 4 rings (SSSR count). The Morgan fingerprint density at radius 3 is 2.83 bits per heavy atom. The van der Waals surface area contributed by atoms with E-state index in [4.69, 9.17) is 4.52 Å². The molecule has 0 radical (unpaired) electrons. The van der Waals surface area contributed by atoms with Gasteiger partial charge in [0.15, 0.2) is 5.82 Å². The first kappa shape index (κ1) is 14.9. The van der Waals surface area contributed by atoms with Crippen LogP contribution in [0.4, 0.5) is 5.69 Å². The van der Waals surface area contributed by atoms with Crippen LogP contribution >= 0.6 is 22.7 Å². The molecule has 3 heterocycles. The maximum absolute atomic E-state index is 12.5. The van der Waals surface area contributed by atoms with Gasteiger partial charge in [-0.2, -0.15) is 4.98 Å². The number of anilines is 1. The summed E-state index contributed by atoms with van der Waals surface area (Å²) in [5.74, 6) is 1.46. The summed E-state index contributed by atoms with van der Waals surface area (Å²) in [6.45, 7) is 1.87. The molecule has 1 aliphatic carbocycles. The lowest BCUT2D eigenvalue weighted by Gasteiger charge is -2.05. The molecule has 23 heavy (non-hydrogen) atoms. The van der Waals surface area contributed by atoms with Crippen LogP contribution in [0.2, 0.25) is 0 Å². The van der Waals surface area contributed by atoms with Crippen molar-refractivity contribution in [3.05, 3.63) is 34.3 Å². The largest absolute Gasteiger partial charge is 0.333 e. The van der Waals surface area contributed by atoms with Gasteiger partial charge < -0.3 is 4.52 Å². The standard InChI is InChI=1S/C14H13N3O3S3/c1-8-2-5-11(22-8)23(18,19)17-10-6-7-21-12(10)14-15-13(16-20-14)9-3-4-9/h2,5-7,9,17H,3-4H2,1H3. The number of aromatic nitrogens is 2. The Hall–Kier alpha value is -1.71. The van der Waals surface area contributed by atoms with Crippen LogP contribution in [0.15, 0.2) is 32.3 Å². The normalized spacial score (nSPS) is 15.0. The van der Waals surface area contributed by atoms with E-state index in [0.29, 0.717) is 28.2 Å². The second-order valence-electron chi connectivity index (χ2n) is 5.37. The number of rotatable bonds is 5. The molecule has 0 unspecified atom stereocenters. The molecule has 3 aromatic heterocycles. The van der Waals surface area contributed by atoms with Gasteiger partial charge in [-0.05, 0) is 43.3 Å². The Kier molecular flexibility index (Phi) is 3.51. The smallest absolute Gasteiger partial charge is 0.271 e. The SMILES string of the molecule is Cc1ccc(S(=O)(=O)Nc2ccsc2-c2nc(C3CC3)no2)s1. The van der Waals surface area contributed by atoms with Gasteiger partial charge in [0.25, 0.3) is 15.9 Å². The van der Waals surface area contributed by atoms with E-state index in [-0.39, 0.29) is 4.21 Å². The van der Waals surface area contributed by atoms with E-state index >= 15 is 0 Å². The molecule has 1 N–H and O–H groups in total. The molecule has 6 nitrogen and oxygen atoms in total. The maximum Gasteiger partial charge on any atom is 0.271 e. The summed E-state index contributed by atoms with van der Waals surface area (Å²) in [5.41, 5.74) is 0.465. The summed E-state index contributed by atoms with van der Waals surface area (Å²) in [5, 5.41) is 5.78.